The molecule has 9 nitrogen and oxygen atoms in total. The minimum Gasteiger partial charge on any atom is -0.459 e. The molecule has 1 saturated heterocycles. The van der Waals surface area contributed by atoms with E-state index in [4.69, 9.17) is 19.2 Å². The number of carbonyl (C=O) groups excluding carboxylic acids is 2. The van der Waals surface area contributed by atoms with Crippen molar-refractivity contribution in [3.63, 3.8) is 0 Å². The molecule has 5 heterocycles. The van der Waals surface area contributed by atoms with E-state index in [0.717, 1.165) is 56.7 Å². The van der Waals surface area contributed by atoms with Crippen LogP contribution in [0.3, 0.4) is 0 Å². The first-order chi connectivity index (χ1) is 18.9. The van der Waals surface area contributed by atoms with Gasteiger partial charge in [0.05, 0.1) is 48.5 Å². The van der Waals surface area contributed by atoms with E-state index in [2.05, 4.69) is 28.1 Å². The molecule has 3 aromatic heterocycles. The summed E-state index contributed by atoms with van der Waals surface area (Å²) in [6.07, 6.45) is 2.22. The number of pyridine rings is 1. The van der Waals surface area contributed by atoms with Gasteiger partial charge in [-0.15, -0.1) is 11.3 Å². The van der Waals surface area contributed by atoms with Gasteiger partial charge in [0.1, 0.15) is 10.6 Å². The second-order valence-electron chi connectivity index (χ2n) is 11.6. The molecule has 1 fully saturated rings. The molecule has 0 spiro atoms. The third kappa shape index (κ3) is 5.74. The summed E-state index contributed by atoms with van der Waals surface area (Å²) in [4.78, 5) is 35.7. The number of hydrogen-bond acceptors (Lipinski definition) is 8. The van der Waals surface area contributed by atoms with Gasteiger partial charge in [-0.3, -0.25) is 0 Å². The Morgan fingerprint density at radius 1 is 1.12 bits per heavy atom. The molecule has 2 aliphatic rings. The molecule has 1 amide bonds. The number of ether oxygens (including phenoxy) is 3. The van der Waals surface area contributed by atoms with Gasteiger partial charge in [0.2, 0.25) is 0 Å². The van der Waals surface area contributed by atoms with Crippen LogP contribution in [0.2, 0.25) is 0 Å². The fourth-order valence-corrected chi connectivity index (χ4v) is 6.20. The van der Waals surface area contributed by atoms with E-state index >= 15 is 0 Å². The number of aromatic nitrogens is 2. The van der Waals surface area contributed by atoms with E-state index < -0.39 is 5.60 Å². The molecule has 5 rings (SSSR count). The summed E-state index contributed by atoms with van der Waals surface area (Å²) in [5.41, 5.74) is 5.37. The molecule has 0 aliphatic carbocycles. The number of fused-ring (bicyclic) bond motifs is 2. The molecule has 0 saturated carbocycles. The highest BCUT2D eigenvalue weighted by Crippen LogP contribution is 2.36. The lowest BCUT2D eigenvalue weighted by molar-refractivity contribution is 0.0225. The van der Waals surface area contributed by atoms with Crippen molar-refractivity contribution in [1.82, 2.24) is 19.2 Å². The van der Waals surface area contributed by atoms with E-state index in [-0.39, 0.29) is 18.2 Å². The molecule has 0 aromatic carbocycles. The SMILES string of the molecule is C=C(c1c(C)c(C(=O)OC(C)C)cc2cc(-c3nc4c(s3)CN(C(=O)OC(C)(C)C)CC4)cn12)N1CCOCC1. The van der Waals surface area contributed by atoms with E-state index in [9.17, 15) is 9.59 Å². The summed E-state index contributed by atoms with van der Waals surface area (Å²) >= 11 is 1.59. The predicted molar refractivity (Wildman–Crippen MR) is 156 cm³/mol. The number of nitrogens with zero attached hydrogens (tertiary/aromatic N) is 4. The highest BCUT2D eigenvalue weighted by atomic mass is 32.1. The molecule has 10 heteroatoms. The lowest BCUT2D eigenvalue weighted by Crippen LogP contribution is -2.39. The van der Waals surface area contributed by atoms with Crippen molar-refractivity contribution in [3.05, 3.63) is 52.3 Å². The maximum absolute atomic E-state index is 13.1. The van der Waals surface area contributed by atoms with Crippen molar-refractivity contribution < 1.29 is 23.8 Å². The summed E-state index contributed by atoms with van der Waals surface area (Å²) in [6, 6.07) is 3.94. The van der Waals surface area contributed by atoms with Gasteiger partial charge in [-0.2, -0.15) is 0 Å². The standard InChI is InChI=1S/C30H38N4O5S/c1-18(2)38-28(35)23-15-22-14-21(16-34(22)26(19(23)3)20(4)32-10-12-37-13-11-32)27-31-24-8-9-33(17-25(24)40-27)29(36)39-30(5,6)7/h14-16,18H,4,8-13,17H2,1-3,5-7H3. The quantitative estimate of drug-likeness (QED) is 0.375. The van der Waals surface area contributed by atoms with Crippen molar-refractivity contribution in [2.24, 2.45) is 0 Å². The third-order valence-electron chi connectivity index (χ3n) is 7.00. The highest BCUT2D eigenvalue weighted by molar-refractivity contribution is 7.15. The number of amides is 1. The summed E-state index contributed by atoms with van der Waals surface area (Å²) < 4.78 is 18.8. The largest absolute Gasteiger partial charge is 0.459 e. The Balaban J connectivity index is 1.52. The second kappa shape index (κ2) is 10.9. The van der Waals surface area contributed by atoms with Crippen LogP contribution in [-0.2, 0) is 27.2 Å². The first-order valence-electron chi connectivity index (χ1n) is 13.8. The summed E-state index contributed by atoms with van der Waals surface area (Å²) in [5.74, 6) is -0.347. The maximum atomic E-state index is 13.1. The number of hydrogen-bond donors (Lipinski definition) is 0. The number of rotatable bonds is 5. The van der Waals surface area contributed by atoms with Crippen LogP contribution in [0.15, 0.2) is 24.9 Å². The zero-order valence-electron chi connectivity index (χ0n) is 24.2. The Morgan fingerprint density at radius 2 is 1.85 bits per heavy atom. The first-order valence-corrected chi connectivity index (χ1v) is 14.6. The Morgan fingerprint density at radius 3 is 2.52 bits per heavy atom. The Labute approximate surface area is 239 Å². The zero-order chi connectivity index (χ0) is 28.8. The average molecular weight is 567 g/mol. The van der Waals surface area contributed by atoms with Gasteiger partial charge in [-0.05, 0) is 59.2 Å². The van der Waals surface area contributed by atoms with E-state index in [1.54, 1.807) is 16.2 Å². The molecule has 2 aliphatic heterocycles. The van der Waals surface area contributed by atoms with Crippen LogP contribution in [0.25, 0.3) is 21.8 Å². The molecule has 0 N–H and O–H groups in total. The lowest BCUT2D eigenvalue weighted by Gasteiger charge is -2.31. The minimum absolute atomic E-state index is 0.224. The maximum Gasteiger partial charge on any atom is 0.410 e. The van der Waals surface area contributed by atoms with E-state index in [1.807, 2.05) is 47.6 Å². The van der Waals surface area contributed by atoms with Crippen LogP contribution in [0.1, 0.15) is 66.8 Å². The van der Waals surface area contributed by atoms with Crippen molar-refractivity contribution >= 4 is 34.6 Å². The number of morpholine rings is 1. The summed E-state index contributed by atoms with van der Waals surface area (Å²) in [6.45, 7) is 19.5. The fraction of sp³-hybridized carbons (Fsp3) is 0.500. The number of carbonyl (C=O) groups is 2. The highest BCUT2D eigenvalue weighted by Gasteiger charge is 2.29. The van der Waals surface area contributed by atoms with Gasteiger partial charge >= 0.3 is 12.1 Å². The molecule has 0 atom stereocenters. The van der Waals surface area contributed by atoms with Crippen molar-refractivity contribution in [2.45, 2.75) is 66.2 Å². The molecule has 0 bridgehead atoms. The third-order valence-corrected chi connectivity index (χ3v) is 8.13. The van der Waals surface area contributed by atoms with Crippen LogP contribution in [0.5, 0.6) is 0 Å². The summed E-state index contributed by atoms with van der Waals surface area (Å²) in [7, 11) is 0. The van der Waals surface area contributed by atoms with Gasteiger partial charge in [0.25, 0.3) is 0 Å². The van der Waals surface area contributed by atoms with E-state index in [1.165, 1.54) is 0 Å². The van der Waals surface area contributed by atoms with Gasteiger partial charge in [0.15, 0.2) is 0 Å². The smallest absolute Gasteiger partial charge is 0.410 e. The molecule has 3 aromatic rings. The second-order valence-corrected chi connectivity index (χ2v) is 12.7. The average Bonchev–Trinajstić information content (AvgIpc) is 3.50. The molecule has 214 valence electrons. The molecular weight excluding hydrogens is 528 g/mol. The monoisotopic (exact) mass is 566 g/mol. The lowest BCUT2D eigenvalue weighted by atomic mass is 10.0. The van der Waals surface area contributed by atoms with Crippen LogP contribution < -0.4 is 0 Å². The van der Waals surface area contributed by atoms with Crippen LogP contribution in [0.4, 0.5) is 4.79 Å². The normalized spacial score (nSPS) is 15.9. The van der Waals surface area contributed by atoms with Gasteiger partial charge in [-0.1, -0.05) is 6.58 Å². The minimum atomic E-state index is -0.537. The van der Waals surface area contributed by atoms with Gasteiger partial charge in [0, 0.05) is 48.2 Å². The van der Waals surface area contributed by atoms with Crippen LogP contribution in [0, 0.1) is 6.92 Å². The van der Waals surface area contributed by atoms with Crippen molar-refractivity contribution in [2.75, 3.05) is 32.8 Å². The Bertz CT molecular complexity index is 1460. The zero-order valence-corrected chi connectivity index (χ0v) is 25.0. The predicted octanol–water partition coefficient (Wildman–Crippen LogP) is 5.53. The molecule has 0 radical (unpaired) electrons. The first kappa shape index (κ1) is 28.2. The molecule has 40 heavy (non-hydrogen) atoms. The molecular formula is C30H38N4O5S. The van der Waals surface area contributed by atoms with Crippen LogP contribution >= 0.6 is 11.3 Å². The van der Waals surface area contributed by atoms with Gasteiger partial charge in [-0.25, -0.2) is 14.6 Å². The number of esters is 1. The van der Waals surface area contributed by atoms with E-state index in [0.29, 0.717) is 38.3 Å². The van der Waals surface area contributed by atoms with Crippen LogP contribution in [-0.4, -0.2) is 75.8 Å². The topological polar surface area (TPSA) is 85.6 Å². The Kier molecular flexibility index (Phi) is 7.67. The summed E-state index contributed by atoms with van der Waals surface area (Å²) in [5, 5.41) is 0.881. The van der Waals surface area contributed by atoms with Gasteiger partial charge < -0.3 is 28.4 Å². The number of thiazole rings is 1. The fourth-order valence-electron chi connectivity index (χ4n) is 5.10. The molecule has 0 unspecified atom stereocenters. The Hall–Kier alpha value is -3.37. The van der Waals surface area contributed by atoms with Crippen molar-refractivity contribution in [1.29, 1.82) is 0 Å². The van der Waals surface area contributed by atoms with Crippen molar-refractivity contribution in [3.8, 4) is 10.6 Å².